The molecule has 0 aliphatic carbocycles. The summed E-state index contributed by atoms with van der Waals surface area (Å²) in [6, 6.07) is -0.284. The first kappa shape index (κ1) is 8.73. The van der Waals surface area contributed by atoms with Crippen molar-refractivity contribution in [1.82, 2.24) is 14.9 Å². The minimum Gasteiger partial charge on any atom is -0.392 e. The molecule has 1 rings (SSSR count). The molecule has 66 valence electrons. The number of imidazole rings is 1. The first-order valence-corrected chi connectivity index (χ1v) is 3.64. The fourth-order valence-electron chi connectivity index (χ4n) is 0.706. The van der Waals surface area contributed by atoms with E-state index >= 15 is 0 Å². The van der Waals surface area contributed by atoms with Gasteiger partial charge in [0.25, 0.3) is 0 Å². The Labute approximate surface area is 70.0 Å². The van der Waals surface area contributed by atoms with Gasteiger partial charge in [-0.15, -0.1) is 0 Å². The van der Waals surface area contributed by atoms with Crippen molar-refractivity contribution in [3.63, 3.8) is 0 Å². The normalized spacial score (nSPS) is 12.5. The van der Waals surface area contributed by atoms with Crippen molar-refractivity contribution < 1.29 is 9.90 Å². The van der Waals surface area contributed by atoms with Crippen molar-refractivity contribution >= 4 is 6.03 Å². The van der Waals surface area contributed by atoms with E-state index in [1.54, 1.807) is 6.92 Å². The van der Waals surface area contributed by atoms with E-state index in [1.165, 1.54) is 23.3 Å². The topological polar surface area (TPSA) is 67.2 Å². The summed E-state index contributed by atoms with van der Waals surface area (Å²) < 4.78 is 1.31. The van der Waals surface area contributed by atoms with Crippen molar-refractivity contribution in [2.45, 2.75) is 13.0 Å². The second-order valence-corrected chi connectivity index (χ2v) is 2.51. The number of nitrogens with one attached hydrogen (secondary N) is 1. The Bertz CT molecular complexity index is 243. The summed E-state index contributed by atoms with van der Waals surface area (Å²) >= 11 is 0. The van der Waals surface area contributed by atoms with Gasteiger partial charge >= 0.3 is 6.03 Å². The van der Waals surface area contributed by atoms with Crippen LogP contribution in [0.2, 0.25) is 0 Å². The molecular weight excluding hydrogens is 158 g/mol. The molecule has 1 aromatic rings. The lowest BCUT2D eigenvalue weighted by Crippen LogP contribution is -2.33. The monoisotopic (exact) mass is 169 g/mol. The van der Waals surface area contributed by atoms with Crippen molar-refractivity contribution in [3.8, 4) is 0 Å². The highest BCUT2D eigenvalue weighted by Gasteiger charge is 2.02. The Morgan fingerprint density at radius 1 is 1.83 bits per heavy atom. The fourth-order valence-corrected chi connectivity index (χ4v) is 0.706. The van der Waals surface area contributed by atoms with Crippen LogP contribution in [0.5, 0.6) is 0 Å². The molecule has 1 unspecified atom stereocenters. The van der Waals surface area contributed by atoms with E-state index in [2.05, 4.69) is 10.3 Å². The van der Waals surface area contributed by atoms with Gasteiger partial charge in [0, 0.05) is 18.9 Å². The summed E-state index contributed by atoms with van der Waals surface area (Å²) in [5.41, 5.74) is 0. The first-order valence-electron chi connectivity index (χ1n) is 3.64. The van der Waals surface area contributed by atoms with Crippen LogP contribution in [0.3, 0.4) is 0 Å². The minimum absolute atomic E-state index is 0.247. The van der Waals surface area contributed by atoms with Gasteiger partial charge in [-0.3, -0.25) is 4.57 Å². The van der Waals surface area contributed by atoms with E-state index < -0.39 is 6.10 Å². The molecule has 1 atom stereocenters. The molecule has 5 nitrogen and oxygen atoms in total. The molecule has 0 bridgehead atoms. The number of carbonyl (C=O) groups excluding carboxylic acids is 1. The third-order valence-corrected chi connectivity index (χ3v) is 1.29. The van der Waals surface area contributed by atoms with E-state index in [9.17, 15) is 4.79 Å². The average Bonchev–Trinajstić information content (AvgIpc) is 2.51. The number of hydrogen-bond donors (Lipinski definition) is 2. The van der Waals surface area contributed by atoms with Crippen molar-refractivity contribution in [3.05, 3.63) is 18.7 Å². The lowest BCUT2D eigenvalue weighted by atomic mass is 10.4. The maximum absolute atomic E-state index is 11.1. The average molecular weight is 169 g/mol. The Hall–Kier alpha value is -1.36. The molecule has 0 radical (unpaired) electrons. The lowest BCUT2D eigenvalue weighted by molar-refractivity contribution is 0.188. The Morgan fingerprint density at radius 2 is 2.58 bits per heavy atom. The summed E-state index contributed by atoms with van der Waals surface area (Å²) in [6.07, 6.45) is 3.92. The molecule has 0 saturated carbocycles. The zero-order valence-electron chi connectivity index (χ0n) is 6.77. The summed E-state index contributed by atoms with van der Waals surface area (Å²) in [6.45, 7) is 1.85. The third-order valence-electron chi connectivity index (χ3n) is 1.29. The summed E-state index contributed by atoms with van der Waals surface area (Å²) in [4.78, 5) is 14.8. The van der Waals surface area contributed by atoms with E-state index in [0.29, 0.717) is 0 Å². The standard InChI is InChI=1S/C7H11N3O2/c1-6(11)4-9-7(12)10-3-2-8-5-10/h2-3,5-6,11H,4H2,1H3,(H,9,12). The number of aromatic nitrogens is 2. The Balaban J connectivity index is 2.40. The van der Waals surface area contributed by atoms with E-state index in [0.717, 1.165) is 0 Å². The predicted octanol–water partition coefficient (Wildman–Crippen LogP) is -0.178. The molecule has 5 heteroatoms. The molecule has 0 saturated heterocycles. The van der Waals surface area contributed by atoms with Crippen LogP contribution < -0.4 is 5.32 Å². The largest absolute Gasteiger partial charge is 0.392 e. The Kier molecular flexibility index (Phi) is 2.82. The molecule has 0 aliphatic rings. The van der Waals surface area contributed by atoms with E-state index in [-0.39, 0.29) is 12.6 Å². The number of rotatable bonds is 2. The molecule has 2 N–H and O–H groups in total. The number of hydrogen-bond acceptors (Lipinski definition) is 3. The summed E-state index contributed by atoms with van der Waals surface area (Å²) in [5.74, 6) is 0. The van der Waals surface area contributed by atoms with Crippen LogP contribution in [0, 0.1) is 0 Å². The van der Waals surface area contributed by atoms with Gasteiger partial charge < -0.3 is 10.4 Å². The SMILES string of the molecule is CC(O)CNC(=O)n1ccnc1. The molecule has 0 fully saturated rings. The number of carbonyl (C=O) groups is 1. The Morgan fingerprint density at radius 3 is 3.08 bits per heavy atom. The molecular formula is C7H11N3O2. The van der Waals surface area contributed by atoms with Gasteiger partial charge in [0.1, 0.15) is 6.33 Å². The van der Waals surface area contributed by atoms with Gasteiger partial charge in [-0.25, -0.2) is 9.78 Å². The first-order chi connectivity index (χ1) is 5.70. The molecule has 1 amide bonds. The number of amides is 1. The highest BCUT2D eigenvalue weighted by molar-refractivity contribution is 5.76. The van der Waals surface area contributed by atoms with Crippen LogP contribution in [-0.4, -0.2) is 33.3 Å². The summed E-state index contributed by atoms with van der Waals surface area (Å²) in [5, 5.41) is 11.4. The fraction of sp³-hybridized carbons (Fsp3) is 0.429. The van der Waals surface area contributed by atoms with Crippen LogP contribution in [0.4, 0.5) is 4.79 Å². The van der Waals surface area contributed by atoms with E-state index in [1.807, 2.05) is 0 Å². The third kappa shape index (κ3) is 2.35. The number of aliphatic hydroxyl groups is 1. The zero-order chi connectivity index (χ0) is 8.97. The number of aliphatic hydroxyl groups excluding tert-OH is 1. The van der Waals surface area contributed by atoms with Gasteiger partial charge in [-0.2, -0.15) is 0 Å². The predicted molar refractivity (Wildman–Crippen MR) is 42.7 cm³/mol. The molecule has 0 spiro atoms. The minimum atomic E-state index is -0.530. The zero-order valence-corrected chi connectivity index (χ0v) is 6.77. The molecule has 1 heterocycles. The molecule has 1 aromatic heterocycles. The van der Waals surface area contributed by atoms with Crippen molar-refractivity contribution in [2.24, 2.45) is 0 Å². The van der Waals surface area contributed by atoms with Gasteiger partial charge in [-0.05, 0) is 6.92 Å². The molecule has 12 heavy (non-hydrogen) atoms. The van der Waals surface area contributed by atoms with Crippen LogP contribution in [0.15, 0.2) is 18.7 Å². The van der Waals surface area contributed by atoms with Crippen LogP contribution in [0.1, 0.15) is 6.92 Å². The lowest BCUT2D eigenvalue weighted by Gasteiger charge is -2.06. The van der Waals surface area contributed by atoms with Crippen molar-refractivity contribution in [1.29, 1.82) is 0 Å². The molecule has 0 aliphatic heterocycles. The summed E-state index contributed by atoms with van der Waals surface area (Å²) in [7, 11) is 0. The van der Waals surface area contributed by atoms with E-state index in [4.69, 9.17) is 5.11 Å². The van der Waals surface area contributed by atoms with Crippen LogP contribution in [0.25, 0.3) is 0 Å². The van der Waals surface area contributed by atoms with Gasteiger partial charge in [0.15, 0.2) is 0 Å². The smallest absolute Gasteiger partial charge is 0.326 e. The van der Waals surface area contributed by atoms with Gasteiger partial charge in [-0.1, -0.05) is 0 Å². The number of nitrogens with zero attached hydrogens (tertiary/aromatic N) is 2. The second kappa shape index (κ2) is 3.87. The maximum atomic E-state index is 11.1. The second-order valence-electron chi connectivity index (χ2n) is 2.51. The van der Waals surface area contributed by atoms with Crippen LogP contribution >= 0.6 is 0 Å². The van der Waals surface area contributed by atoms with Crippen molar-refractivity contribution in [2.75, 3.05) is 6.54 Å². The highest BCUT2D eigenvalue weighted by atomic mass is 16.3. The maximum Gasteiger partial charge on any atom is 0.326 e. The molecule has 0 aromatic carbocycles. The quantitative estimate of drug-likeness (QED) is 0.645. The van der Waals surface area contributed by atoms with Gasteiger partial charge in [0.2, 0.25) is 0 Å². The highest BCUT2D eigenvalue weighted by Crippen LogP contribution is 1.84. The van der Waals surface area contributed by atoms with Gasteiger partial charge in [0.05, 0.1) is 6.10 Å². The van der Waals surface area contributed by atoms with Crippen LogP contribution in [-0.2, 0) is 0 Å².